The molecule has 4 rings (SSSR count). The first-order valence-electron chi connectivity index (χ1n) is 8.38. The Kier molecular flexibility index (Phi) is 4.32. The molecule has 0 aliphatic rings. The van der Waals surface area contributed by atoms with Gasteiger partial charge in [-0.15, -0.1) is 0 Å². The number of hydrogen-bond acceptors (Lipinski definition) is 7. The molecular weight excluding hydrogens is 344 g/mol. The predicted octanol–water partition coefficient (Wildman–Crippen LogP) is 3.46. The number of aliphatic hydroxyl groups excluding tert-OH is 1. The summed E-state index contributed by atoms with van der Waals surface area (Å²) < 4.78 is 11.4. The average Bonchev–Trinajstić information content (AvgIpc) is 3.28. The van der Waals surface area contributed by atoms with E-state index in [1.165, 1.54) is 6.08 Å². The number of aliphatic hydroxyl groups is 1. The zero-order valence-corrected chi connectivity index (χ0v) is 14.6. The van der Waals surface area contributed by atoms with Crippen molar-refractivity contribution in [3.05, 3.63) is 54.2 Å². The molecule has 7 nitrogen and oxygen atoms in total. The second-order valence-electron chi connectivity index (χ2n) is 6.01. The molecule has 0 radical (unpaired) electrons. The molecule has 2 aromatic heterocycles. The van der Waals surface area contributed by atoms with Gasteiger partial charge in [0, 0.05) is 31.4 Å². The molecule has 0 amide bonds. The van der Waals surface area contributed by atoms with Gasteiger partial charge in [0.05, 0.1) is 6.61 Å². The largest absolute Gasteiger partial charge is 0.437 e. The van der Waals surface area contributed by atoms with Gasteiger partial charge in [-0.05, 0) is 24.3 Å². The molecule has 0 spiro atoms. The van der Waals surface area contributed by atoms with E-state index in [2.05, 4.69) is 16.0 Å². The minimum Gasteiger partial charge on any atom is -0.437 e. The number of nitrogens with zero attached hydrogens (tertiary/aromatic N) is 4. The van der Waals surface area contributed by atoms with E-state index < -0.39 is 0 Å². The van der Waals surface area contributed by atoms with Gasteiger partial charge in [-0.25, -0.2) is 9.97 Å². The topological polar surface area (TPSA) is 99.3 Å². The summed E-state index contributed by atoms with van der Waals surface area (Å²) in [7, 11) is 1.88. The van der Waals surface area contributed by atoms with Crippen LogP contribution in [-0.2, 0) is 0 Å². The number of fused-ring (bicyclic) bond motifs is 2. The molecule has 2 heterocycles. The lowest BCUT2D eigenvalue weighted by atomic mass is 10.2. The molecule has 1 N–H and O–H groups in total. The van der Waals surface area contributed by atoms with Crippen molar-refractivity contribution in [2.45, 2.75) is 0 Å². The highest BCUT2D eigenvalue weighted by atomic mass is 16.4. The summed E-state index contributed by atoms with van der Waals surface area (Å²) in [6.45, 7) is 0.581. The minimum atomic E-state index is 0.0644. The number of hydrogen-bond donors (Lipinski definition) is 1. The van der Waals surface area contributed by atoms with Crippen molar-refractivity contribution in [2.75, 3.05) is 25.1 Å². The maximum absolute atomic E-state index is 9.50. The van der Waals surface area contributed by atoms with E-state index in [-0.39, 0.29) is 18.1 Å². The molecule has 0 saturated carbocycles. The third-order valence-corrected chi connectivity index (χ3v) is 4.18. The Labute approximate surface area is 154 Å². The van der Waals surface area contributed by atoms with E-state index in [0.717, 1.165) is 5.69 Å². The van der Waals surface area contributed by atoms with Crippen LogP contribution >= 0.6 is 0 Å². The van der Waals surface area contributed by atoms with Gasteiger partial charge in [-0.3, -0.25) is 0 Å². The van der Waals surface area contributed by atoms with E-state index in [1.54, 1.807) is 6.07 Å². The van der Waals surface area contributed by atoms with Gasteiger partial charge in [0.15, 0.2) is 11.2 Å². The second-order valence-corrected chi connectivity index (χ2v) is 6.01. The van der Waals surface area contributed by atoms with Crippen LogP contribution < -0.4 is 4.90 Å². The SMILES string of the molecule is CN(CCO)c1ccc2nc(/C=C(\C#N)c3nc4ccccc4o3)oc2c1. The third kappa shape index (κ3) is 3.26. The highest BCUT2D eigenvalue weighted by Crippen LogP contribution is 2.26. The average molecular weight is 360 g/mol. The summed E-state index contributed by atoms with van der Waals surface area (Å²) in [5.41, 5.74) is 3.71. The molecule has 134 valence electrons. The van der Waals surface area contributed by atoms with Gasteiger partial charge in [-0.1, -0.05) is 12.1 Å². The number of allylic oxidation sites excluding steroid dienone is 1. The summed E-state index contributed by atoms with van der Waals surface area (Å²) in [4.78, 5) is 10.6. The monoisotopic (exact) mass is 360 g/mol. The van der Waals surface area contributed by atoms with Crippen LogP contribution in [0.15, 0.2) is 51.3 Å². The van der Waals surface area contributed by atoms with Gasteiger partial charge in [0.1, 0.15) is 22.7 Å². The summed E-state index contributed by atoms with van der Waals surface area (Å²) in [5, 5.41) is 18.6. The normalized spacial score (nSPS) is 11.8. The van der Waals surface area contributed by atoms with E-state index in [4.69, 9.17) is 13.9 Å². The molecule has 7 heteroatoms. The molecule has 0 saturated heterocycles. The van der Waals surface area contributed by atoms with Crippen molar-refractivity contribution in [1.82, 2.24) is 9.97 Å². The molecule has 0 bridgehead atoms. The van der Waals surface area contributed by atoms with Crippen molar-refractivity contribution in [3.8, 4) is 6.07 Å². The molecule has 0 atom stereocenters. The molecule has 0 aliphatic heterocycles. The Bertz CT molecular complexity index is 1150. The fourth-order valence-corrected chi connectivity index (χ4v) is 2.76. The van der Waals surface area contributed by atoms with Crippen LogP contribution in [0, 0.1) is 11.3 Å². The Balaban J connectivity index is 1.70. The zero-order chi connectivity index (χ0) is 18.8. The summed E-state index contributed by atoms with van der Waals surface area (Å²) in [6.07, 6.45) is 1.52. The molecular formula is C20H16N4O3. The highest BCUT2D eigenvalue weighted by molar-refractivity contribution is 5.88. The quantitative estimate of drug-likeness (QED) is 0.544. The van der Waals surface area contributed by atoms with Crippen molar-refractivity contribution in [3.63, 3.8) is 0 Å². The molecule has 0 fully saturated rings. The molecule has 27 heavy (non-hydrogen) atoms. The van der Waals surface area contributed by atoms with Crippen LogP contribution in [0.5, 0.6) is 0 Å². The van der Waals surface area contributed by atoms with E-state index in [9.17, 15) is 5.26 Å². The van der Waals surface area contributed by atoms with Crippen molar-refractivity contribution < 1.29 is 13.9 Å². The predicted molar refractivity (Wildman–Crippen MR) is 102 cm³/mol. The van der Waals surface area contributed by atoms with Gasteiger partial charge < -0.3 is 18.8 Å². The third-order valence-electron chi connectivity index (χ3n) is 4.18. The summed E-state index contributed by atoms with van der Waals surface area (Å²) in [6, 6.07) is 15.0. The number of rotatable bonds is 5. The standard InChI is InChI=1S/C20H16N4O3/c1-24(8-9-25)14-6-7-16-18(11-14)26-19(22-16)10-13(12-21)20-23-15-4-2-3-5-17(15)27-20/h2-7,10-11,25H,8-9H2,1H3/b13-10+. The van der Waals surface area contributed by atoms with Crippen molar-refractivity contribution >= 4 is 39.5 Å². The van der Waals surface area contributed by atoms with Gasteiger partial charge in [0.2, 0.25) is 11.8 Å². The number of aromatic nitrogens is 2. The van der Waals surface area contributed by atoms with E-state index in [0.29, 0.717) is 34.6 Å². The smallest absolute Gasteiger partial charge is 0.238 e. The summed E-state index contributed by atoms with van der Waals surface area (Å²) in [5.74, 6) is 0.523. The molecule has 0 unspecified atom stereocenters. The maximum Gasteiger partial charge on any atom is 0.238 e. The summed E-state index contributed by atoms with van der Waals surface area (Å²) >= 11 is 0. The van der Waals surface area contributed by atoms with Crippen LogP contribution in [0.2, 0.25) is 0 Å². The number of oxazole rings is 2. The first-order valence-corrected chi connectivity index (χ1v) is 8.38. The Morgan fingerprint density at radius 2 is 1.96 bits per heavy atom. The number of anilines is 1. The van der Waals surface area contributed by atoms with Crippen LogP contribution in [0.4, 0.5) is 5.69 Å². The van der Waals surface area contributed by atoms with Crippen LogP contribution in [-0.4, -0.2) is 35.3 Å². The minimum absolute atomic E-state index is 0.0644. The van der Waals surface area contributed by atoms with Gasteiger partial charge in [-0.2, -0.15) is 5.26 Å². The first kappa shape index (κ1) is 16.8. The molecule has 4 aromatic rings. The number of benzene rings is 2. The fourth-order valence-electron chi connectivity index (χ4n) is 2.76. The van der Waals surface area contributed by atoms with Crippen LogP contribution in [0.25, 0.3) is 33.8 Å². The van der Waals surface area contributed by atoms with Crippen molar-refractivity contribution in [2.24, 2.45) is 0 Å². The molecule has 0 aliphatic carbocycles. The Hall–Kier alpha value is -3.63. The number of likely N-dealkylation sites (N-methyl/N-ethyl adjacent to an activating group) is 1. The maximum atomic E-state index is 9.50. The highest BCUT2D eigenvalue weighted by Gasteiger charge is 2.13. The first-order chi connectivity index (χ1) is 13.2. The lowest BCUT2D eigenvalue weighted by Gasteiger charge is -2.17. The Morgan fingerprint density at radius 1 is 1.15 bits per heavy atom. The van der Waals surface area contributed by atoms with Gasteiger partial charge >= 0.3 is 0 Å². The van der Waals surface area contributed by atoms with Crippen LogP contribution in [0.1, 0.15) is 11.8 Å². The lowest BCUT2D eigenvalue weighted by molar-refractivity contribution is 0.304. The fraction of sp³-hybridized carbons (Fsp3) is 0.150. The van der Waals surface area contributed by atoms with E-state index in [1.807, 2.05) is 48.3 Å². The van der Waals surface area contributed by atoms with Gasteiger partial charge in [0.25, 0.3) is 0 Å². The molecule has 2 aromatic carbocycles. The van der Waals surface area contributed by atoms with E-state index >= 15 is 0 Å². The van der Waals surface area contributed by atoms with Crippen molar-refractivity contribution in [1.29, 1.82) is 5.26 Å². The van der Waals surface area contributed by atoms with Crippen LogP contribution in [0.3, 0.4) is 0 Å². The number of para-hydroxylation sites is 2. The zero-order valence-electron chi connectivity index (χ0n) is 14.6. The second kappa shape index (κ2) is 6.94. The number of nitriles is 1. The lowest BCUT2D eigenvalue weighted by Crippen LogP contribution is -2.20. The Morgan fingerprint density at radius 3 is 2.74 bits per heavy atom.